The van der Waals surface area contributed by atoms with Crippen LogP contribution in [0.1, 0.15) is 15.9 Å². The number of ether oxygens (including phenoxy) is 2. The molecular formula is C14H12ClNO3. The molecule has 4 nitrogen and oxygen atoms in total. The van der Waals surface area contributed by atoms with Crippen molar-refractivity contribution in [2.45, 2.75) is 6.61 Å². The fourth-order valence-corrected chi connectivity index (χ4v) is 1.71. The topological polar surface area (TPSA) is 48.4 Å². The standard InChI is InChI=1S/C14H12ClNO3/c1-18-14(17)11-7-12(15)16-13(8-11)19-9-10-5-3-2-4-6-10/h2-8H,9H2,1H3. The number of pyridine rings is 1. The first-order valence-electron chi connectivity index (χ1n) is 5.61. The molecule has 19 heavy (non-hydrogen) atoms. The molecule has 2 aromatic rings. The van der Waals surface area contributed by atoms with Crippen molar-refractivity contribution >= 4 is 17.6 Å². The highest BCUT2D eigenvalue weighted by Gasteiger charge is 2.10. The molecule has 1 aromatic heterocycles. The van der Waals surface area contributed by atoms with Crippen molar-refractivity contribution in [3.05, 3.63) is 58.7 Å². The first kappa shape index (κ1) is 13.4. The molecule has 0 N–H and O–H groups in total. The normalized spacial score (nSPS) is 10.0. The Balaban J connectivity index is 2.12. The van der Waals surface area contributed by atoms with E-state index in [1.807, 2.05) is 30.3 Å². The molecule has 1 aromatic carbocycles. The molecule has 1 heterocycles. The molecule has 5 heteroatoms. The summed E-state index contributed by atoms with van der Waals surface area (Å²) in [6.45, 7) is 0.356. The average molecular weight is 278 g/mol. The van der Waals surface area contributed by atoms with E-state index in [2.05, 4.69) is 9.72 Å². The van der Waals surface area contributed by atoms with Gasteiger partial charge in [0, 0.05) is 6.07 Å². The van der Waals surface area contributed by atoms with Gasteiger partial charge in [0.1, 0.15) is 11.8 Å². The van der Waals surface area contributed by atoms with Gasteiger partial charge in [0.15, 0.2) is 0 Å². The second kappa shape index (κ2) is 6.20. The summed E-state index contributed by atoms with van der Waals surface area (Å²) in [7, 11) is 1.31. The summed E-state index contributed by atoms with van der Waals surface area (Å²) in [6.07, 6.45) is 0. The van der Waals surface area contributed by atoms with Gasteiger partial charge in [-0.1, -0.05) is 41.9 Å². The molecule has 0 atom stereocenters. The molecule has 2 rings (SSSR count). The number of esters is 1. The Morgan fingerprint density at radius 2 is 2.00 bits per heavy atom. The Bertz CT molecular complexity index is 572. The zero-order valence-corrected chi connectivity index (χ0v) is 11.1. The first-order chi connectivity index (χ1) is 9.19. The SMILES string of the molecule is COC(=O)c1cc(Cl)nc(OCc2ccccc2)c1. The zero-order valence-electron chi connectivity index (χ0n) is 10.3. The molecule has 0 unspecified atom stereocenters. The average Bonchev–Trinajstić information content (AvgIpc) is 2.45. The molecule has 0 fully saturated rings. The Hall–Kier alpha value is -2.07. The molecular weight excluding hydrogens is 266 g/mol. The van der Waals surface area contributed by atoms with Gasteiger partial charge in [0.05, 0.1) is 12.7 Å². The van der Waals surface area contributed by atoms with Gasteiger partial charge < -0.3 is 9.47 Å². The van der Waals surface area contributed by atoms with E-state index in [-0.39, 0.29) is 11.0 Å². The Kier molecular flexibility index (Phi) is 4.36. The number of rotatable bonds is 4. The lowest BCUT2D eigenvalue weighted by Crippen LogP contribution is -2.04. The highest BCUT2D eigenvalue weighted by Crippen LogP contribution is 2.18. The number of hydrogen-bond donors (Lipinski definition) is 0. The van der Waals surface area contributed by atoms with Crippen molar-refractivity contribution in [2.75, 3.05) is 7.11 Å². The Morgan fingerprint density at radius 3 is 2.68 bits per heavy atom. The van der Waals surface area contributed by atoms with Crippen molar-refractivity contribution in [3.63, 3.8) is 0 Å². The van der Waals surface area contributed by atoms with E-state index in [1.54, 1.807) is 0 Å². The zero-order chi connectivity index (χ0) is 13.7. The third kappa shape index (κ3) is 3.69. The van der Waals surface area contributed by atoms with E-state index >= 15 is 0 Å². The van der Waals surface area contributed by atoms with Gasteiger partial charge in [0.2, 0.25) is 5.88 Å². The maximum Gasteiger partial charge on any atom is 0.338 e. The Labute approximate surface area is 115 Å². The van der Waals surface area contributed by atoms with Gasteiger partial charge in [0.25, 0.3) is 0 Å². The van der Waals surface area contributed by atoms with Crippen LogP contribution in [0, 0.1) is 0 Å². The number of carbonyl (C=O) groups excluding carboxylic acids is 1. The second-order valence-electron chi connectivity index (χ2n) is 3.78. The van der Waals surface area contributed by atoms with Crippen LogP contribution in [0.4, 0.5) is 0 Å². The fourth-order valence-electron chi connectivity index (χ4n) is 1.51. The van der Waals surface area contributed by atoms with Crippen LogP contribution in [0.5, 0.6) is 5.88 Å². The van der Waals surface area contributed by atoms with Crippen LogP contribution in [0.2, 0.25) is 5.15 Å². The van der Waals surface area contributed by atoms with Gasteiger partial charge in [-0.15, -0.1) is 0 Å². The van der Waals surface area contributed by atoms with Crippen molar-refractivity contribution < 1.29 is 14.3 Å². The smallest absolute Gasteiger partial charge is 0.338 e. The lowest BCUT2D eigenvalue weighted by Gasteiger charge is -2.07. The number of halogens is 1. The van der Waals surface area contributed by atoms with Crippen LogP contribution >= 0.6 is 11.6 Å². The minimum atomic E-state index is -0.478. The van der Waals surface area contributed by atoms with Crippen molar-refractivity contribution in [1.82, 2.24) is 4.98 Å². The highest BCUT2D eigenvalue weighted by atomic mass is 35.5. The molecule has 0 radical (unpaired) electrons. The highest BCUT2D eigenvalue weighted by molar-refractivity contribution is 6.29. The first-order valence-corrected chi connectivity index (χ1v) is 5.99. The van der Waals surface area contributed by atoms with Crippen LogP contribution < -0.4 is 4.74 Å². The maximum absolute atomic E-state index is 11.4. The van der Waals surface area contributed by atoms with Crippen LogP contribution in [-0.4, -0.2) is 18.1 Å². The van der Waals surface area contributed by atoms with E-state index in [1.165, 1.54) is 19.2 Å². The molecule has 0 amide bonds. The second-order valence-corrected chi connectivity index (χ2v) is 4.17. The van der Waals surface area contributed by atoms with Crippen LogP contribution in [0.15, 0.2) is 42.5 Å². The maximum atomic E-state index is 11.4. The number of benzene rings is 1. The van der Waals surface area contributed by atoms with Crippen LogP contribution in [0.25, 0.3) is 0 Å². The van der Waals surface area contributed by atoms with Gasteiger partial charge in [-0.05, 0) is 11.6 Å². The number of nitrogens with zero attached hydrogens (tertiary/aromatic N) is 1. The third-order valence-electron chi connectivity index (χ3n) is 2.42. The van der Waals surface area contributed by atoms with E-state index in [0.717, 1.165) is 5.56 Å². The number of methoxy groups -OCH3 is 1. The molecule has 0 saturated heterocycles. The van der Waals surface area contributed by atoms with Crippen molar-refractivity contribution in [2.24, 2.45) is 0 Å². The summed E-state index contributed by atoms with van der Waals surface area (Å²) in [5.41, 5.74) is 1.31. The summed E-state index contributed by atoms with van der Waals surface area (Å²) < 4.78 is 10.1. The predicted molar refractivity (Wildman–Crippen MR) is 71.4 cm³/mol. The molecule has 0 saturated carbocycles. The van der Waals surface area contributed by atoms with Gasteiger partial charge in [-0.2, -0.15) is 0 Å². The van der Waals surface area contributed by atoms with E-state index in [0.29, 0.717) is 12.2 Å². The number of hydrogen-bond acceptors (Lipinski definition) is 4. The molecule has 0 aliphatic heterocycles. The largest absolute Gasteiger partial charge is 0.473 e. The number of aromatic nitrogens is 1. The molecule has 98 valence electrons. The van der Waals surface area contributed by atoms with Gasteiger partial charge in [-0.25, -0.2) is 9.78 Å². The van der Waals surface area contributed by atoms with Gasteiger partial charge in [-0.3, -0.25) is 0 Å². The molecule has 0 spiro atoms. The van der Waals surface area contributed by atoms with E-state index < -0.39 is 5.97 Å². The molecule has 0 aliphatic rings. The number of carbonyl (C=O) groups is 1. The van der Waals surface area contributed by atoms with Crippen LogP contribution in [0.3, 0.4) is 0 Å². The van der Waals surface area contributed by atoms with E-state index in [4.69, 9.17) is 16.3 Å². The monoisotopic (exact) mass is 277 g/mol. The third-order valence-corrected chi connectivity index (χ3v) is 2.61. The molecule has 0 bridgehead atoms. The predicted octanol–water partition coefficient (Wildman–Crippen LogP) is 3.10. The lowest BCUT2D eigenvalue weighted by atomic mass is 10.2. The summed E-state index contributed by atoms with van der Waals surface area (Å²) in [6, 6.07) is 12.6. The summed E-state index contributed by atoms with van der Waals surface area (Å²) >= 11 is 5.83. The van der Waals surface area contributed by atoms with E-state index in [9.17, 15) is 4.79 Å². The quantitative estimate of drug-likeness (QED) is 0.636. The lowest BCUT2D eigenvalue weighted by molar-refractivity contribution is 0.0600. The van der Waals surface area contributed by atoms with Crippen molar-refractivity contribution in [3.8, 4) is 5.88 Å². The summed E-state index contributed by atoms with van der Waals surface area (Å²) in [5, 5.41) is 0.186. The summed E-state index contributed by atoms with van der Waals surface area (Å²) in [4.78, 5) is 15.4. The van der Waals surface area contributed by atoms with Crippen LogP contribution in [-0.2, 0) is 11.3 Å². The Morgan fingerprint density at radius 1 is 1.26 bits per heavy atom. The minimum absolute atomic E-state index is 0.186. The summed E-state index contributed by atoms with van der Waals surface area (Å²) in [5.74, 6) is -0.189. The minimum Gasteiger partial charge on any atom is -0.473 e. The molecule has 0 aliphatic carbocycles. The van der Waals surface area contributed by atoms with Gasteiger partial charge >= 0.3 is 5.97 Å². The van der Waals surface area contributed by atoms with Crippen molar-refractivity contribution in [1.29, 1.82) is 0 Å². The fraction of sp³-hybridized carbons (Fsp3) is 0.143.